The number of aliphatic imine (C=N–C) groups is 1. The van der Waals surface area contributed by atoms with Gasteiger partial charge in [-0.05, 0) is 19.8 Å². The number of guanidine groups is 1. The molecule has 0 atom stereocenters. The van der Waals surface area contributed by atoms with E-state index in [0.29, 0.717) is 25.3 Å². The van der Waals surface area contributed by atoms with Crippen LogP contribution in [0.1, 0.15) is 43.4 Å². The third-order valence-electron chi connectivity index (χ3n) is 4.83. The number of methoxy groups -OCH3 is 3. The van der Waals surface area contributed by atoms with Crippen LogP contribution in [-0.4, -0.2) is 45.5 Å². The largest absolute Gasteiger partial charge is 0.496 e. The van der Waals surface area contributed by atoms with Crippen LogP contribution >= 0.6 is 0 Å². The van der Waals surface area contributed by atoms with E-state index in [2.05, 4.69) is 29.6 Å². The predicted molar refractivity (Wildman–Crippen MR) is 118 cm³/mol. The van der Waals surface area contributed by atoms with Crippen molar-refractivity contribution in [2.75, 3.05) is 34.4 Å². The fourth-order valence-corrected chi connectivity index (χ4v) is 3.25. The maximum atomic E-state index is 5.53. The molecule has 2 aromatic rings. The minimum atomic E-state index is 0.528. The second kappa shape index (κ2) is 11.9. The van der Waals surface area contributed by atoms with Crippen LogP contribution in [0, 0.1) is 0 Å². The summed E-state index contributed by atoms with van der Waals surface area (Å²) >= 11 is 0. The molecule has 0 radical (unpaired) electrons. The summed E-state index contributed by atoms with van der Waals surface area (Å²) in [5, 5.41) is 10.8. The number of nitrogens with zero attached hydrogens (tertiary/aromatic N) is 2. The summed E-state index contributed by atoms with van der Waals surface area (Å²) in [6.07, 6.45) is 2.34. The highest BCUT2D eigenvalue weighted by atomic mass is 16.5. The number of rotatable bonds is 11. The molecule has 0 aliphatic heterocycles. The lowest BCUT2D eigenvalue weighted by Gasteiger charge is -2.16. The lowest BCUT2D eigenvalue weighted by atomic mass is 10.1. The number of hydrogen-bond donors (Lipinski definition) is 2. The molecule has 0 spiro atoms. The molecule has 0 saturated heterocycles. The van der Waals surface area contributed by atoms with Crippen LogP contribution in [0.4, 0.5) is 0 Å². The molecule has 0 amide bonds. The van der Waals surface area contributed by atoms with Crippen LogP contribution in [0.5, 0.6) is 17.2 Å². The first-order chi connectivity index (χ1) is 14.6. The Labute approximate surface area is 179 Å². The van der Waals surface area contributed by atoms with Gasteiger partial charge in [0.2, 0.25) is 0 Å². The molecule has 0 unspecified atom stereocenters. The van der Waals surface area contributed by atoms with Gasteiger partial charge in [0.05, 0.1) is 33.6 Å². The van der Waals surface area contributed by atoms with Crippen molar-refractivity contribution in [2.24, 2.45) is 4.99 Å². The van der Waals surface area contributed by atoms with Crippen molar-refractivity contribution in [3.63, 3.8) is 0 Å². The Hall–Kier alpha value is -2.90. The van der Waals surface area contributed by atoms with Crippen molar-refractivity contribution in [1.82, 2.24) is 15.8 Å². The van der Waals surface area contributed by atoms with Gasteiger partial charge in [-0.3, -0.25) is 0 Å². The fraction of sp³-hybridized carbons (Fsp3) is 0.545. The van der Waals surface area contributed by atoms with Gasteiger partial charge in [-0.25, -0.2) is 4.99 Å². The molecule has 1 heterocycles. The first-order valence-electron chi connectivity index (χ1n) is 10.4. The molecule has 30 heavy (non-hydrogen) atoms. The summed E-state index contributed by atoms with van der Waals surface area (Å²) < 4.78 is 21.8. The van der Waals surface area contributed by atoms with Crippen molar-refractivity contribution >= 4 is 5.96 Å². The lowest BCUT2D eigenvalue weighted by Crippen LogP contribution is -2.38. The Morgan fingerprint density at radius 1 is 0.967 bits per heavy atom. The third kappa shape index (κ3) is 5.81. The van der Waals surface area contributed by atoms with Crippen LogP contribution in [0.15, 0.2) is 21.6 Å². The molecule has 2 rings (SSSR count). The smallest absolute Gasteiger partial charge is 0.191 e. The lowest BCUT2D eigenvalue weighted by molar-refractivity contribution is 0.368. The molecular weight excluding hydrogens is 384 g/mol. The monoisotopic (exact) mass is 418 g/mol. The molecule has 166 valence electrons. The predicted octanol–water partition coefficient (Wildman–Crippen LogP) is 3.12. The van der Waals surface area contributed by atoms with E-state index >= 15 is 0 Å². The van der Waals surface area contributed by atoms with Crippen molar-refractivity contribution in [2.45, 2.75) is 46.6 Å². The molecule has 8 nitrogen and oxygen atoms in total. The molecule has 0 aliphatic rings. The standard InChI is InChI=1S/C22H34N4O4/c1-7-18-17(19(8-2)30-26-18)14-25-22(23-9-3)24-11-10-16-20(28-5)12-15(27-4)13-21(16)29-6/h12-13H,7-11,14H2,1-6H3,(H2,23,24,25). The Morgan fingerprint density at radius 3 is 2.20 bits per heavy atom. The van der Waals surface area contributed by atoms with Crippen LogP contribution in [-0.2, 0) is 25.8 Å². The summed E-state index contributed by atoms with van der Waals surface area (Å²) in [7, 11) is 4.91. The number of aromatic nitrogens is 1. The van der Waals surface area contributed by atoms with Gasteiger partial charge in [-0.1, -0.05) is 19.0 Å². The normalized spacial score (nSPS) is 11.3. The van der Waals surface area contributed by atoms with Crippen molar-refractivity contribution in [1.29, 1.82) is 0 Å². The fourth-order valence-electron chi connectivity index (χ4n) is 3.25. The zero-order chi connectivity index (χ0) is 21.9. The van der Waals surface area contributed by atoms with E-state index in [9.17, 15) is 0 Å². The van der Waals surface area contributed by atoms with E-state index in [1.54, 1.807) is 21.3 Å². The molecule has 0 bridgehead atoms. The molecular formula is C22H34N4O4. The quantitative estimate of drug-likeness (QED) is 0.428. The van der Waals surface area contributed by atoms with E-state index in [0.717, 1.165) is 59.4 Å². The van der Waals surface area contributed by atoms with E-state index in [1.807, 2.05) is 19.1 Å². The number of benzene rings is 1. The minimum absolute atomic E-state index is 0.528. The average Bonchev–Trinajstić information content (AvgIpc) is 3.18. The topological polar surface area (TPSA) is 90.1 Å². The van der Waals surface area contributed by atoms with Crippen molar-refractivity contribution in [3.05, 3.63) is 34.7 Å². The van der Waals surface area contributed by atoms with Gasteiger partial charge in [-0.2, -0.15) is 0 Å². The molecule has 1 aromatic carbocycles. The Morgan fingerprint density at radius 2 is 1.67 bits per heavy atom. The van der Waals surface area contributed by atoms with Gasteiger partial charge in [-0.15, -0.1) is 0 Å². The highest BCUT2D eigenvalue weighted by Crippen LogP contribution is 2.34. The van der Waals surface area contributed by atoms with Gasteiger partial charge in [0.1, 0.15) is 23.0 Å². The molecule has 0 aliphatic carbocycles. The highest BCUT2D eigenvalue weighted by molar-refractivity contribution is 5.79. The average molecular weight is 419 g/mol. The van der Waals surface area contributed by atoms with Gasteiger partial charge < -0.3 is 29.4 Å². The van der Waals surface area contributed by atoms with Gasteiger partial charge in [0, 0.05) is 42.8 Å². The molecule has 2 N–H and O–H groups in total. The second-order valence-corrected chi connectivity index (χ2v) is 6.62. The summed E-state index contributed by atoms with van der Waals surface area (Å²) in [5.74, 6) is 3.81. The first kappa shape index (κ1) is 23.4. The number of nitrogens with one attached hydrogen (secondary N) is 2. The molecule has 8 heteroatoms. The molecule has 1 aromatic heterocycles. The second-order valence-electron chi connectivity index (χ2n) is 6.62. The highest BCUT2D eigenvalue weighted by Gasteiger charge is 2.15. The minimum Gasteiger partial charge on any atom is -0.496 e. The van der Waals surface area contributed by atoms with Crippen LogP contribution < -0.4 is 24.8 Å². The first-order valence-corrected chi connectivity index (χ1v) is 10.4. The van der Waals surface area contributed by atoms with Crippen LogP contribution in [0.3, 0.4) is 0 Å². The zero-order valence-electron chi connectivity index (χ0n) is 18.9. The SMILES string of the molecule is CCNC(=NCc1c(CC)noc1CC)NCCc1c(OC)cc(OC)cc1OC. The van der Waals surface area contributed by atoms with E-state index < -0.39 is 0 Å². The maximum absolute atomic E-state index is 5.53. The van der Waals surface area contributed by atoms with Gasteiger partial charge in [0.15, 0.2) is 5.96 Å². The number of hydrogen-bond acceptors (Lipinski definition) is 6. The van der Waals surface area contributed by atoms with Gasteiger partial charge >= 0.3 is 0 Å². The Balaban J connectivity index is 2.10. The van der Waals surface area contributed by atoms with Crippen molar-refractivity contribution in [3.8, 4) is 17.2 Å². The molecule has 0 saturated carbocycles. The maximum Gasteiger partial charge on any atom is 0.191 e. The Kier molecular flexibility index (Phi) is 9.31. The Bertz CT molecular complexity index is 786. The number of aryl methyl sites for hydroxylation is 2. The summed E-state index contributed by atoms with van der Waals surface area (Å²) in [5.41, 5.74) is 3.03. The van der Waals surface area contributed by atoms with E-state index in [4.69, 9.17) is 23.7 Å². The van der Waals surface area contributed by atoms with Crippen LogP contribution in [0.2, 0.25) is 0 Å². The third-order valence-corrected chi connectivity index (χ3v) is 4.83. The van der Waals surface area contributed by atoms with Crippen LogP contribution in [0.25, 0.3) is 0 Å². The van der Waals surface area contributed by atoms with Crippen molar-refractivity contribution < 1.29 is 18.7 Å². The summed E-state index contributed by atoms with van der Waals surface area (Å²) in [6, 6.07) is 3.73. The summed E-state index contributed by atoms with van der Waals surface area (Å²) in [6.45, 7) is 8.14. The van der Waals surface area contributed by atoms with E-state index in [1.165, 1.54) is 0 Å². The molecule has 0 fully saturated rings. The van der Waals surface area contributed by atoms with Gasteiger partial charge in [0.25, 0.3) is 0 Å². The number of ether oxygens (including phenoxy) is 3. The van der Waals surface area contributed by atoms with E-state index in [-0.39, 0.29) is 0 Å². The summed E-state index contributed by atoms with van der Waals surface area (Å²) in [4.78, 5) is 4.73. The zero-order valence-corrected chi connectivity index (χ0v) is 18.9.